The van der Waals surface area contributed by atoms with Crippen LogP contribution in [0.3, 0.4) is 0 Å². The Balaban J connectivity index is 1.21. The zero-order valence-electron chi connectivity index (χ0n) is 29.9. The number of para-hydroxylation sites is 1. The first kappa shape index (κ1) is 32.2. The van der Waals surface area contributed by atoms with Crippen LogP contribution in [0, 0.1) is 0 Å². The Labute approximate surface area is 319 Å². The molecule has 0 atom stereocenters. The van der Waals surface area contributed by atoms with Crippen LogP contribution < -0.4 is 0 Å². The van der Waals surface area contributed by atoms with Crippen molar-refractivity contribution in [2.24, 2.45) is 0 Å². The quantitative estimate of drug-likeness (QED) is 0.166. The van der Waals surface area contributed by atoms with Crippen molar-refractivity contribution in [2.75, 3.05) is 0 Å². The van der Waals surface area contributed by atoms with Crippen LogP contribution in [0.2, 0.25) is 0 Å². The van der Waals surface area contributed by atoms with E-state index in [0.717, 1.165) is 50.1 Å². The maximum absolute atomic E-state index is 5.25. The molecule has 0 amide bonds. The van der Waals surface area contributed by atoms with E-state index in [9.17, 15) is 0 Å². The molecule has 0 aliphatic rings. The molecular weight excluding hydrogens is 669 g/mol. The fraction of sp³-hybridized carbons (Fsp3) is 0. The van der Waals surface area contributed by atoms with Gasteiger partial charge in [-0.3, -0.25) is 0 Å². The summed E-state index contributed by atoms with van der Waals surface area (Å²) in [6.07, 6.45) is 0. The van der Waals surface area contributed by atoms with Crippen molar-refractivity contribution in [1.29, 1.82) is 0 Å². The van der Waals surface area contributed by atoms with Gasteiger partial charge in [0.25, 0.3) is 0 Å². The van der Waals surface area contributed by atoms with E-state index in [0.29, 0.717) is 17.5 Å². The summed E-state index contributed by atoms with van der Waals surface area (Å²) < 4.78 is 2.38. The molecule has 0 bridgehead atoms. The van der Waals surface area contributed by atoms with Crippen LogP contribution in [-0.4, -0.2) is 19.5 Å². The molecule has 2 heterocycles. The Hall–Kier alpha value is -7.43. The number of aromatic nitrogens is 4. The van der Waals surface area contributed by atoms with Gasteiger partial charge in [0.05, 0.1) is 16.7 Å². The molecule has 0 radical (unpaired) electrons. The zero-order valence-corrected chi connectivity index (χ0v) is 29.9. The summed E-state index contributed by atoms with van der Waals surface area (Å²) >= 11 is 0. The van der Waals surface area contributed by atoms with E-state index in [2.05, 4.69) is 187 Å². The van der Waals surface area contributed by atoms with Crippen LogP contribution >= 0.6 is 0 Å². The van der Waals surface area contributed by atoms with Crippen molar-refractivity contribution in [3.05, 3.63) is 206 Å². The van der Waals surface area contributed by atoms with Crippen molar-refractivity contribution >= 4 is 21.8 Å². The highest BCUT2D eigenvalue weighted by Gasteiger charge is 2.21. The normalized spacial score (nSPS) is 11.3. The summed E-state index contributed by atoms with van der Waals surface area (Å²) in [6, 6.07) is 72.3. The number of rotatable bonds is 7. The minimum absolute atomic E-state index is 0.609. The second-order valence-electron chi connectivity index (χ2n) is 13.7. The zero-order chi connectivity index (χ0) is 36.6. The molecule has 4 heteroatoms. The highest BCUT2D eigenvalue weighted by molar-refractivity contribution is 6.11. The minimum Gasteiger partial charge on any atom is -0.308 e. The van der Waals surface area contributed by atoms with E-state index < -0.39 is 0 Å². The van der Waals surface area contributed by atoms with Crippen LogP contribution in [0.15, 0.2) is 206 Å². The minimum atomic E-state index is 0.609. The third-order valence-electron chi connectivity index (χ3n) is 10.3. The number of benzene rings is 8. The van der Waals surface area contributed by atoms with Crippen molar-refractivity contribution in [3.63, 3.8) is 0 Å². The average molecular weight is 703 g/mol. The lowest BCUT2D eigenvalue weighted by atomic mass is 10.0. The third-order valence-corrected chi connectivity index (χ3v) is 10.3. The summed E-state index contributed by atoms with van der Waals surface area (Å²) in [6.45, 7) is 0. The predicted molar refractivity (Wildman–Crippen MR) is 227 cm³/mol. The van der Waals surface area contributed by atoms with Gasteiger partial charge in [0, 0.05) is 27.5 Å². The molecule has 0 saturated carbocycles. The lowest BCUT2D eigenvalue weighted by Crippen LogP contribution is -2.04. The molecule has 10 aromatic rings. The molecule has 0 saturated heterocycles. The predicted octanol–water partition coefficient (Wildman–Crippen LogP) is 13.0. The van der Waals surface area contributed by atoms with E-state index in [1.54, 1.807) is 0 Å². The highest BCUT2D eigenvalue weighted by Crippen LogP contribution is 2.39. The summed E-state index contributed by atoms with van der Waals surface area (Å²) in [5.74, 6) is 1.86. The Kier molecular flexibility index (Phi) is 8.12. The first-order valence-corrected chi connectivity index (χ1v) is 18.5. The summed E-state index contributed by atoms with van der Waals surface area (Å²) in [4.78, 5) is 15.5. The Morgan fingerprint density at radius 1 is 0.273 bits per heavy atom. The van der Waals surface area contributed by atoms with Crippen molar-refractivity contribution in [3.8, 4) is 73.2 Å². The maximum Gasteiger partial charge on any atom is 0.166 e. The molecule has 0 fully saturated rings. The molecule has 0 N–H and O–H groups in total. The number of nitrogens with zero attached hydrogens (tertiary/aromatic N) is 4. The number of hydrogen-bond donors (Lipinski definition) is 0. The van der Waals surface area contributed by atoms with Crippen molar-refractivity contribution in [1.82, 2.24) is 19.5 Å². The van der Waals surface area contributed by atoms with Crippen molar-refractivity contribution in [2.45, 2.75) is 0 Å². The van der Waals surface area contributed by atoms with Gasteiger partial charge in [0.15, 0.2) is 17.5 Å². The van der Waals surface area contributed by atoms with Gasteiger partial charge in [-0.05, 0) is 63.7 Å². The summed E-state index contributed by atoms with van der Waals surface area (Å²) in [5, 5.41) is 2.37. The molecule has 0 unspecified atom stereocenters. The summed E-state index contributed by atoms with van der Waals surface area (Å²) in [7, 11) is 0. The number of hydrogen-bond acceptors (Lipinski definition) is 3. The monoisotopic (exact) mass is 702 g/mol. The fourth-order valence-corrected chi connectivity index (χ4v) is 7.54. The van der Waals surface area contributed by atoms with Gasteiger partial charge in [-0.2, -0.15) is 0 Å². The Bertz CT molecular complexity index is 2940. The van der Waals surface area contributed by atoms with E-state index in [1.165, 1.54) is 27.5 Å². The van der Waals surface area contributed by atoms with E-state index >= 15 is 0 Å². The molecule has 55 heavy (non-hydrogen) atoms. The van der Waals surface area contributed by atoms with Gasteiger partial charge in [-0.25, -0.2) is 15.0 Å². The average Bonchev–Trinajstić information content (AvgIpc) is 3.61. The maximum atomic E-state index is 5.25. The fourth-order valence-electron chi connectivity index (χ4n) is 7.54. The van der Waals surface area contributed by atoms with Gasteiger partial charge in [-0.1, -0.05) is 176 Å². The van der Waals surface area contributed by atoms with Gasteiger partial charge in [0.2, 0.25) is 0 Å². The van der Waals surface area contributed by atoms with Gasteiger partial charge < -0.3 is 4.57 Å². The smallest absolute Gasteiger partial charge is 0.166 e. The van der Waals surface area contributed by atoms with E-state index in [-0.39, 0.29) is 0 Å². The highest BCUT2D eigenvalue weighted by atomic mass is 15.1. The molecule has 2 aromatic heterocycles. The van der Waals surface area contributed by atoms with E-state index in [4.69, 9.17) is 15.0 Å². The standard InChI is InChI=1S/C51H34N4/c1-5-15-35(16-6-1)38-25-27-40(28-26-38)50-52-49(39-21-11-4-12-22-39)53-51(54-50)44-31-29-42(37-19-9-3-10-20-37)34-48(44)55-46-24-14-13-23-43(46)45-33-41(30-32-47(45)55)36-17-7-2-8-18-36/h1-34H. The van der Waals surface area contributed by atoms with Crippen LogP contribution in [0.1, 0.15) is 0 Å². The molecule has 10 rings (SSSR count). The lowest BCUT2D eigenvalue weighted by molar-refractivity contribution is 1.06. The topological polar surface area (TPSA) is 43.6 Å². The molecular formula is C51H34N4. The van der Waals surface area contributed by atoms with Crippen LogP contribution in [-0.2, 0) is 0 Å². The third kappa shape index (κ3) is 6.06. The molecule has 4 nitrogen and oxygen atoms in total. The molecule has 258 valence electrons. The first-order chi connectivity index (χ1) is 27.3. The SMILES string of the molecule is c1ccc(-c2ccc(-c3nc(-c4ccccc4)nc(-c4ccc(-c5ccccc5)cc4-n4c5ccccc5c5cc(-c6ccccc6)ccc54)n3)cc2)cc1. The van der Waals surface area contributed by atoms with Gasteiger partial charge in [-0.15, -0.1) is 0 Å². The first-order valence-electron chi connectivity index (χ1n) is 18.5. The largest absolute Gasteiger partial charge is 0.308 e. The lowest BCUT2D eigenvalue weighted by Gasteiger charge is -2.16. The molecule has 0 aliphatic heterocycles. The van der Waals surface area contributed by atoms with Gasteiger partial charge in [0.1, 0.15) is 0 Å². The van der Waals surface area contributed by atoms with Crippen molar-refractivity contribution < 1.29 is 0 Å². The molecule has 0 aliphatic carbocycles. The molecule has 0 spiro atoms. The van der Waals surface area contributed by atoms with Gasteiger partial charge >= 0.3 is 0 Å². The summed E-state index contributed by atoms with van der Waals surface area (Å²) in [5.41, 5.74) is 12.9. The van der Waals surface area contributed by atoms with Crippen LogP contribution in [0.25, 0.3) is 95.0 Å². The van der Waals surface area contributed by atoms with Crippen LogP contribution in [0.4, 0.5) is 0 Å². The molecule has 8 aromatic carbocycles. The van der Waals surface area contributed by atoms with Crippen LogP contribution in [0.5, 0.6) is 0 Å². The Morgan fingerprint density at radius 2 is 0.673 bits per heavy atom. The number of fused-ring (bicyclic) bond motifs is 3. The second kappa shape index (κ2) is 13.8. The van der Waals surface area contributed by atoms with E-state index in [1.807, 2.05) is 24.3 Å². The Morgan fingerprint density at radius 3 is 1.29 bits per heavy atom. The second-order valence-corrected chi connectivity index (χ2v) is 13.7.